The van der Waals surface area contributed by atoms with Crippen LogP contribution in [0.15, 0.2) is 6.20 Å². The average Bonchev–Trinajstić information content (AvgIpc) is 2.59. The van der Waals surface area contributed by atoms with Gasteiger partial charge < -0.3 is 9.47 Å². The molecule has 2 heterocycles. The van der Waals surface area contributed by atoms with Crippen LogP contribution in [0.3, 0.4) is 0 Å². The zero-order valence-corrected chi connectivity index (χ0v) is 8.60. The van der Waals surface area contributed by atoms with E-state index in [4.69, 9.17) is 0 Å². The Balaban J connectivity index is 2.29. The SMILES string of the molecule is CC(C)c1cnc2n1CCN(C=O)C2. The Morgan fingerprint density at radius 2 is 2.29 bits per heavy atom. The summed E-state index contributed by atoms with van der Waals surface area (Å²) in [5.41, 5.74) is 1.27. The zero-order valence-electron chi connectivity index (χ0n) is 8.60. The van der Waals surface area contributed by atoms with Crippen molar-refractivity contribution in [2.45, 2.75) is 32.9 Å². The summed E-state index contributed by atoms with van der Waals surface area (Å²) in [5.74, 6) is 1.51. The van der Waals surface area contributed by atoms with E-state index in [0.717, 1.165) is 25.3 Å². The molecule has 2 rings (SSSR count). The maximum atomic E-state index is 10.6. The van der Waals surface area contributed by atoms with Gasteiger partial charge in [-0.15, -0.1) is 0 Å². The third kappa shape index (κ3) is 1.41. The van der Waals surface area contributed by atoms with Crippen molar-refractivity contribution in [3.8, 4) is 0 Å². The van der Waals surface area contributed by atoms with Gasteiger partial charge in [0, 0.05) is 25.0 Å². The molecular formula is C10H15N3O. The highest BCUT2D eigenvalue weighted by molar-refractivity contribution is 5.47. The van der Waals surface area contributed by atoms with Crippen LogP contribution in [0.1, 0.15) is 31.3 Å². The van der Waals surface area contributed by atoms with E-state index in [1.807, 2.05) is 6.20 Å². The van der Waals surface area contributed by atoms with E-state index < -0.39 is 0 Å². The van der Waals surface area contributed by atoms with Crippen molar-refractivity contribution in [3.63, 3.8) is 0 Å². The van der Waals surface area contributed by atoms with Gasteiger partial charge in [0.2, 0.25) is 6.41 Å². The van der Waals surface area contributed by atoms with Gasteiger partial charge in [-0.2, -0.15) is 0 Å². The lowest BCUT2D eigenvalue weighted by Gasteiger charge is -2.25. The maximum absolute atomic E-state index is 10.6. The van der Waals surface area contributed by atoms with Crippen LogP contribution < -0.4 is 0 Å². The lowest BCUT2D eigenvalue weighted by atomic mass is 10.1. The number of hydrogen-bond acceptors (Lipinski definition) is 2. The van der Waals surface area contributed by atoms with Gasteiger partial charge in [0.1, 0.15) is 5.82 Å². The minimum absolute atomic E-state index is 0.499. The summed E-state index contributed by atoms with van der Waals surface area (Å²) < 4.78 is 2.23. The normalized spacial score (nSPS) is 15.8. The number of carbonyl (C=O) groups is 1. The Morgan fingerprint density at radius 1 is 1.50 bits per heavy atom. The first-order valence-corrected chi connectivity index (χ1v) is 4.96. The smallest absolute Gasteiger partial charge is 0.210 e. The molecule has 4 heteroatoms. The fraction of sp³-hybridized carbons (Fsp3) is 0.600. The molecule has 0 unspecified atom stereocenters. The van der Waals surface area contributed by atoms with Crippen molar-refractivity contribution in [3.05, 3.63) is 17.7 Å². The minimum Gasteiger partial charge on any atom is -0.336 e. The van der Waals surface area contributed by atoms with Gasteiger partial charge in [-0.05, 0) is 5.92 Å². The molecule has 0 radical (unpaired) electrons. The van der Waals surface area contributed by atoms with E-state index >= 15 is 0 Å². The largest absolute Gasteiger partial charge is 0.336 e. The molecule has 0 saturated carbocycles. The second-order valence-electron chi connectivity index (χ2n) is 3.98. The summed E-state index contributed by atoms with van der Waals surface area (Å²) in [6, 6.07) is 0. The molecule has 0 N–H and O–H groups in total. The van der Waals surface area contributed by atoms with E-state index in [1.165, 1.54) is 5.69 Å². The molecule has 76 valence electrons. The number of hydrogen-bond donors (Lipinski definition) is 0. The van der Waals surface area contributed by atoms with E-state index in [-0.39, 0.29) is 0 Å². The Morgan fingerprint density at radius 3 is 2.93 bits per heavy atom. The van der Waals surface area contributed by atoms with Crippen molar-refractivity contribution in [1.29, 1.82) is 0 Å². The van der Waals surface area contributed by atoms with E-state index in [0.29, 0.717) is 12.5 Å². The van der Waals surface area contributed by atoms with E-state index in [2.05, 4.69) is 23.4 Å². The maximum Gasteiger partial charge on any atom is 0.210 e. The van der Waals surface area contributed by atoms with Crippen LogP contribution in [0.2, 0.25) is 0 Å². The van der Waals surface area contributed by atoms with Crippen LogP contribution in [0.5, 0.6) is 0 Å². The number of carbonyl (C=O) groups excluding carboxylic acids is 1. The molecule has 1 aliphatic rings. The van der Waals surface area contributed by atoms with Gasteiger partial charge in [-0.25, -0.2) is 4.98 Å². The molecule has 0 aliphatic carbocycles. The molecule has 0 atom stereocenters. The number of amides is 1. The first-order chi connectivity index (χ1) is 6.72. The molecule has 4 nitrogen and oxygen atoms in total. The van der Waals surface area contributed by atoms with Crippen LogP contribution in [0.25, 0.3) is 0 Å². The lowest BCUT2D eigenvalue weighted by molar-refractivity contribution is -0.119. The monoisotopic (exact) mass is 193 g/mol. The van der Waals surface area contributed by atoms with Gasteiger partial charge in [-0.1, -0.05) is 13.8 Å². The first kappa shape index (κ1) is 9.24. The number of rotatable bonds is 2. The molecule has 1 aromatic rings. The predicted octanol–water partition coefficient (Wildman–Crippen LogP) is 0.979. The standard InChI is InChI=1S/C10H15N3O/c1-8(2)9-5-11-10-6-12(7-14)3-4-13(9)10/h5,7-8H,3-4,6H2,1-2H3. The molecule has 1 aliphatic heterocycles. The minimum atomic E-state index is 0.499. The number of aromatic nitrogens is 2. The van der Waals surface area contributed by atoms with Crippen molar-refractivity contribution >= 4 is 6.41 Å². The van der Waals surface area contributed by atoms with Gasteiger partial charge in [0.25, 0.3) is 0 Å². The summed E-state index contributed by atoms with van der Waals surface area (Å²) >= 11 is 0. The molecule has 0 saturated heterocycles. The van der Waals surface area contributed by atoms with Gasteiger partial charge in [0.15, 0.2) is 0 Å². The van der Waals surface area contributed by atoms with Crippen LogP contribution in [-0.2, 0) is 17.9 Å². The molecule has 1 amide bonds. The molecule has 0 spiro atoms. The van der Waals surface area contributed by atoms with Crippen molar-refractivity contribution in [2.24, 2.45) is 0 Å². The summed E-state index contributed by atoms with van der Waals surface area (Å²) in [5, 5.41) is 0. The number of fused-ring (bicyclic) bond motifs is 1. The topological polar surface area (TPSA) is 38.1 Å². The van der Waals surface area contributed by atoms with Crippen LogP contribution in [0, 0.1) is 0 Å². The van der Waals surface area contributed by atoms with Crippen LogP contribution in [-0.4, -0.2) is 27.4 Å². The van der Waals surface area contributed by atoms with Gasteiger partial charge >= 0.3 is 0 Å². The summed E-state index contributed by atoms with van der Waals surface area (Å²) in [6.07, 6.45) is 2.82. The van der Waals surface area contributed by atoms with Crippen molar-refractivity contribution in [2.75, 3.05) is 6.54 Å². The van der Waals surface area contributed by atoms with Crippen LogP contribution in [0.4, 0.5) is 0 Å². The molecular weight excluding hydrogens is 178 g/mol. The number of nitrogens with zero attached hydrogens (tertiary/aromatic N) is 3. The average molecular weight is 193 g/mol. The third-order valence-electron chi connectivity index (χ3n) is 2.67. The van der Waals surface area contributed by atoms with E-state index in [9.17, 15) is 4.79 Å². The Hall–Kier alpha value is -1.32. The highest BCUT2D eigenvalue weighted by Crippen LogP contribution is 2.19. The molecule has 0 aromatic carbocycles. The van der Waals surface area contributed by atoms with Gasteiger partial charge in [-0.3, -0.25) is 4.79 Å². The Bertz CT molecular complexity index is 343. The lowest BCUT2D eigenvalue weighted by Crippen LogP contribution is -2.33. The van der Waals surface area contributed by atoms with E-state index in [1.54, 1.807) is 4.90 Å². The first-order valence-electron chi connectivity index (χ1n) is 4.96. The zero-order chi connectivity index (χ0) is 10.1. The van der Waals surface area contributed by atoms with Gasteiger partial charge in [0.05, 0.1) is 6.54 Å². The highest BCUT2D eigenvalue weighted by Gasteiger charge is 2.19. The third-order valence-corrected chi connectivity index (χ3v) is 2.67. The summed E-state index contributed by atoms with van der Waals surface area (Å²) in [7, 11) is 0. The Kier molecular flexibility index (Phi) is 2.27. The molecule has 1 aromatic heterocycles. The Labute approximate surface area is 83.5 Å². The van der Waals surface area contributed by atoms with Crippen LogP contribution >= 0.6 is 0 Å². The van der Waals surface area contributed by atoms with Crippen molar-refractivity contribution < 1.29 is 4.79 Å². The second-order valence-corrected chi connectivity index (χ2v) is 3.98. The molecule has 0 bridgehead atoms. The fourth-order valence-electron chi connectivity index (χ4n) is 1.85. The second kappa shape index (κ2) is 3.44. The molecule has 0 fully saturated rings. The highest BCUT2D eigenvalue weighted by atomic mass is 16.1. The summed E-state index contributed by atoms with van der Waals surface area (Å²) in [4.78, 5) is 16.7. The van der Waals surface area contributed by atoms with Crippen molar-refractivity contribution in [1.82, 2.24) is 14.5 Å². The quantitative estimate of drug-likeness (QED) is 0.657. The molecule has 14 heavy (non-hydrogen) atoms. The fourth-order valence-corrected chi connectivity index (χ4v) is 1.85. The summed E-state index contributed by atoms with van der Waals surface area (Å²) in [6.45, 7) is 6.65. The predicted molar refractivity (Wildman–Crippen MR) is 52.8 cm³/mol. The number of imidazole rings is 1.